The molecule has 1 heterocycles. The second-order valence-electron chi connectivity index (χ2n) is 4.42. The minimum atomic E-state index is -0.437. The first-order chi connectivity index (χ1) is 9.54. The molecule has 2 N–H and O–H groups in total. The van der Waals surface area contributed by atoms with Crippen LogP contribution in [0.15, 0.2) is 18.2 Å². The Morgan fingerprint density at radius 2 is 2.35 bits per heavy atom. The van der Waals surface area contributed by atoms with E-state index < -0.39 is 11.0 Å². The second-order valence-corrected chi connectivity index (χ2v) is 5.66. The van der Waals surface area contributed by atoms with Gasteiger partial charge < -0.3 is 15.5 Å². The number of anilines is 1. The van der Waals surface area contributed by atoms with Crippen molar-refractivity contribution < 1.29 is 9.72 Å². The maximum absolute atomic E-state index is 11.9. The minimum absolute atomic E-state index is 0.0349. The van der Waals surface area contributed by atoms with E-state index in [4.69, 9.17) is 0 Å². The molecule has 0 bridgehead atoms. The number of nitrogens with one attached hydrogen (secondary N) is 2. The van der Waals surface area contributed by atoms with Crippen molar-refractivity contribution >= 4 is 39.9 Å². The van der Waals surface area contributed by atoms with Crippen molar-refractivity contribution in [3.63, 3.8) is 0 Å². The van der Waals surface area contributed by atoms with Gasteiger partial charge in [-0.25, -0.2) is 0 Å². The van der Waals surface area contributed by atoms with Gasteiger partial charge in [0.2, 0.25) is 5.91 Å². The summed E-state index contributed by atoms with van der Waals surface area (Å²) in [5.41, 5.74) is 0.526. The van der Waals surface area contributed by atoms with E-state index in [-0.39, 0.29) is 11.6 Å². The molecule has 1 aromatic rings. The average molecular weight is 390 g/mol. The topological polar surface area (TPSA) is 87.5 Å². The molecule has 0 spiro atoms. The van der Waals surface area contributed by atoms with Crippen molar-refractivity contribution in [3.8, 4) is 0 Å². The summed E-state index contributed by atoms with van der Waals surface area (Å²) in [6.07, 6.45) is 0. The number of rotatable bonds is 3. The Bertz CT molecular complexity index is 537. The van der Waals surface area contributed by atoms with Crippen molar-refractivity contribution in [3.05, 3.63) is 31.9 Å². The molecule has 108 valence electrons. The average Bonchev–Trinajstić information content (AvgIpc) is 2.46. The number of hydrogen-bond donors (Lipinski definition) is 2. The number of halogens is 1. The first-order valence-electron chi connectivity index (χ1n) is 6.17. The van der Waals surface area contributed by atoms with Gasteiger partial charge in [-0.1, -0.05) is 0 Å². The molecule has 0 radical (unpaired) electrons. The smallest absolute Gasteiger partial charge is 0.293 e. The summed E-state index contributed by atoms with van der Waals surface area (Å²) in [7, 11) is 1.57. The van der Waals surface area contributed by atoms with Gasteiger partial charge in [-0.3, -0.25) is 14.9 Å². The first kappa shape index (κ1) is 15.0. The second kappa shape index (κ2) is 6.35. The van der Waals surface area contributed by atoms with Crippen LogP contribution in [0.25, 0.3) is 0 Å². The summed E-state index contributed by atoms with van der Waals surface area (Å²) in [4.78, 5) is 24.5. The summed E-state index contributed by atoms with van der Waals surface area (Å²) < 4.78 is 0.796. The molecule has 1 aliphatic heterocycles. The largest absolute Gasteiger partial charge is 0.357 e. The van der Waals surface area contributed by atoms with Gasteiger partial charge in [0.05, 0.1) is 4.92 Å². The molecule has 1 aromatic carbocycles. The molecule has 1 atom stereocenters. The van der Waals surface area contributed by atoms with Gasteiger partial charge in [0, 0.05) is 36.3 Å². The maximum atomic E-state index is 11.9. The molecule has 1 saturated heterocycles. The number of carbonyl (C=O) groups excluding carboxylic acids is 1. The van der Waals surface area contributed by atoms with Crippen LogP contribution in [0.4, 0.5) is 11.4 Å². The van der Waals surface area contributed by atoms with Crippen molar-refractivity contribution in [1.29, 1.82) is 0 Å². The molecule has 1 aliphatic rings. The summed E-state index contributed by atoms with van der Waals surface area (Å²) in [5.74, 6) is -0.148. The van der Waals surface area contributed by atoms with Crippen LogP contribution in [0.5, 0.6) is 0 Å². The fraction of sp³-hybridized carbons (Fsp3) is 0.417. The molecule has 20 heavy (non-hydrogen) atoms. The van der Waals surface area contributed by atoms with Crippen LogP contribution in [0, 0.1) is 13.7 Å². The number of piperazine rings is 1. The number of likely N-dealkylation sites (N-methyl/N-ethyl adjacent to an activating group) is 1. The molecule has 1 unspecified atom stereocenters. The molecule has 0 aliphatic carbocycles. The Hall–Kier alpha value is -1.42. The lowest BCUT2D eigenvalue weighted by molar-refractivity contribution is -0.384. The van der Waals surface area contributed by atoms with Crippen LogP contribution in [-0.4, -0.2) is 43.6 Å². The fourth-order valence-electron chi connectivity index (χ4n) is 2.28. The third-order valence-electron chi connectivity index (χ3n) is 3.24. The van der Waals surface area contributed by atoms with Gasteiger partial charge in [-0.2, -0.15) is 0 Å². The van der Waals surface area contributed by atoms with Gasteiger partial charge in [0.25, 0.3) is 5.69 Å². The Morgan fingerprint density at radius 3 is 3.00 bits per heavy atom. The Labute approximate surface area is 130 Å². The molecule has 2 rings (SSSR count). The highest BCUT2D eigenvalue weighted by Gasteiger charge is 2.32. The van der Waals surface area contributed by atoms with Crippen LogP contribution < -0.4 is 15.5 Å². The van der Waals surface area contributed by atoms with E-state index >= 15 is 0 Å². The number of nitrogens with zero attached hydrogens (tertiary/aromatic N) is 2. The van der Waals surface area contributed by atoms with Crippen molar-refractivity contribution in [2.45, 2.75) is 6.04 Å². The zero-order valence-corrected chi connectivity index (χ0v) is 13.1. The third-order valence-corrected chi connectivity index (χ3v) is 3.91. The van der Waals surface area contributed by atoms with E-state index in [0.717, 1.165) is 3.57 Å². The van der Waals surface area contributed by atoms with E-state index in [9.17, 15) is 14.9 Å². The number of nitro groups is 1. The molecule has 1 amide bonds. The Kier molecular flexibility index (Phi) is 4.76. The molecule has 0 aromatic heterocycles. The number of benzene rings is 1. The highest BCUT2D eigenvalue weighted by molar-refractivity contribution is 14.1. The predicted molar refractivity (Wildman–Crippen MR) is 83.9 cm³/mol. The SMILES string of the molecule is CNC(=O)C1CNCCN1c1ccc(I)cc1[N+](=O)[O-]. The van der Waals surface area contributed by atoms with Gasteiger partial charge in [-0.15, -0.1) is 0 Å². The molecule has 7 nitrogen and oxygen atoms in total. The highest BCUT2D eigenvalue weighted by atomic mass is 127. The zero-order valence-electron chi connectivity index (χ0n) is 10.9. The summed E-state index contributed by atoms with van der Waals surface area (Å²) >= 11 is 2.04. The van der Waals surface area contributed by atoms with Crippen LogP contribution in [0.3, 0.4) is 0 Å². The number of hydrogen-bond acceptors (Lipinski definition) is 5. The van der Waals surface area contributed by atoms with E-state index in [1.165, 1.54) is 6.07 Å². The molecule has 1 fully saturated rings. The first-order valence-corrected chi connectivity index (χ1v) is 7.25. The maximum Gasteiger partial charge on any atom is 0.293 e. The van der Waals surface area contributed by atoms with Gasteiger partial charge in [0.1, 0.15) is 11.7 Å². The molecular formula is C12H15IN4O3. The quantitative estimate of drug-likeness (QED) is 0.451. The third kappa shape index (κ3) is 3.01. The van der Waals surface area contributed by atoms with E-state index in [2.05, 4.69) is 10.6 Å². The Balaban J connectivity index is 2.42. The standard InChI is InChI=1S/C12H15IN4O3/c1-14-12(18)11-7-15-4-5-16(11)9-3-2-8(13)6-10(9)17(19)20/h2-3,6,11,15H,4-5,7H2,1H3,(H,14,18). The van der Waals surface area contributed by atoms with E-state index in [1.54, 1.807) is 18.0 Å². The normalized spacial score (nSPS) is 18.7. The van der Waals surface area contributed by atoms with Crippen molar-refractivity contribution in [2.24, 2.45) is 0 Å². The van der Waals surface area contributed by atoms with Crippen molar-refractivity contribution in [1.82, 2.24) is 10.6 Å². The highest BCUT2D eigenvalue weighted by Crippen LogP contribution is 2.31. The number of amides is 1. The van der Waals surface area contributed by atoms with Gasteiger partial charge in [0.15, 0.2) is 0 Å². The van der Waals surface area contributed by atoms with Crippen molar-refractivity contribution in [2.75, 3.05) is 31.6 Å². The number of carbonyl (C=O) groups is 1. The zero-order chi connectivity index (χ0) is 14.7. The van der Waals surface area contributed by atoms with Crippen LogP contribution in [-0.2, 0) is 4.79 Å². The fourth-order valence-corrected chi connectivity index (χ4v) is 2.75. The van der Waals surface area contributed by atoms with Gasteiger partial charge in [-0.05, 0) is 34.7 Å². The van der Waals surface area contributed by atoms with Crippen LogP contribution in [0.1, 0.15) is 0 Å². The van der Waals surface area contributed by atoms with E-state index in [1.807, 2.05) is 28.7 Å². The summed E-state index contributed by atoms with van der Waals surface area (Å²) in [6.45, 7) is 1.72. The summed E-state index contributed by atoms with van der Waals surface area (Å²) in [6, 6.07) is 4.61. The summed E-state index contributed by atoms with van der Waals surface area (Å²) in [5, 5.41) is 17.0. The lowest BCUT2D eigenvalue weighted by atomic mass is 10.1. The Morgan fingerprint density at radius 1 is 1.60 bits per heavy atom. The van der Waals surface area contributed by atoms with E-state index in [0.29, 0.717) is 25.3 Å². The van der Waals surface area contributed by atoms with Crippen LogP contribution in [0.2, 0.25) is 0 Å². The molecule has 8 heteroatoms. The molecule has 0 saturated carbocycles. The minimum Gasteiger partial charge on any atom is -0.357 e. The molecular weight excluding hydrogens is 375 g/mol. The van der Waals surface area contributed by atoms with Crippen LogP contribution >= 0.6 is 22.6 Å². The number of nitro benzene ring substituents is 1. The van der Waals surface area contributed by atoms with Gasteiger partial charge >= 0.3 is 0 Å². The lowest BCUT2D eigenvalue weighted by Crippen LogP contribution is -2.57. The predicted octanol–water partition coefficient (Wildman–Crippen LogP) is 0.724. The monoisotopic (exact) mass is 390 g/mol. The lowest BCUT2D eigenvalue weighted by Gasteiger charge is -2.36.